The molecule has 144 valence electrons. The van der Waals surface area contributed by atoms with E-state index in [2.05, 4.69) is 35.9 Å². The first-order chi connectivity index (χ1) is 13.0. The van der Waals surface area contributed by atoms with Crippen molar-refractivity contribution in [3.05, 3.63) is 54.4 Å². The summed E-state index contributed by atoms with van der Waals surface area (Å²) in [5.74, 6) is -0.0373. The Labute approximate surface area is 164 Å². The van der Waals surface area contributed by atoms with Gasteiger partial charge in [0, 0.05) is 24.4 Å². The number of thioether (sulfide) groups is 1. The molecular formula is C20H25N3O3S. The lowest BCUT2D eigenvalue weighted by molar-refractivity contribution is -0.0897. The van der Waals surface area contributed by atoms with Gasteiger partial charge in [0.25, 0.3) is 0 Å². The first kappa shape index (κ1) is 19.8. The molecule has 2 heterocycles. The van der Waals surface area contributed by atoms with Crippen LogP contribution in [0.2, 0.25) is 0 Å². The number of ether oxygens (including phenoxy) is 2. The molecule has 3 rings (SSSR count). The van der Waals surface area contributed by atoms with Crippen molar-refractivity contribution in [2.24, 2.45) is 5.92 Å². The molecular weight excluding hydrogens is 362 g/mol. The highest BCUT2D eigenvalue weighted by atomic mass is 32.2. The third kappa shape index (κ3) is 5.28. The zero-order valence-corrected chi connectivity index (χ0v) is 16.6. The lowest BCUT2D eigenvalue weighted by atomic mass is 9.93. The Kier molecular flexibility index (Phi) is 6.82. The zero-order chi connectivity index (χ0) is 19.2. The van der Waals surface area contributed by atoms with Crippen LogP contribution in [0.5, 0.6) is 0 Å². The van der Waals surface area contributed by atoms with E-state index in [9.17, 15) is 4.79 Å². The number of nitrogens with zero attached hydrogens (tertiary/aromatic N) is 3. The molecule has 0 amide bonds. The van der Waals surface area contributed by atoms with Gasteiger partial charge < -0.3 is 14.4 Å². The van der Waals surface area contributed by atoms with Crippen molar-refractivity contribution < 1.29 is 14.3 Å². The lowest BCUT2D eigenvalue weighted by Gasteiger charge is -2.42. The molecule has 4 atom stereocenters. The van der Waals surface area contributed by atoms with E-state index in [-0.39, 0.29) is 30.0 Å². The van der Waals surface area contributed by atoms with Gasteiger partial charge >= 0.3 is 5.97 Å². The van der Waals surface area contributed by atoms with Crippen molar-refractivity contribution in [3.8, 4) is 0 Å². The second kappa shape index (κ2) is 9.30. The number of esters is 1. The summed E-state index contributed by atoms with van der Waals surface area (Å²) in [5, 5.41) is 0.689. The van der Waals surface area contributed by atoms with Gasteiger partial charge in [0.05, 0.1) is 11.7 Å². The molecule has 1 aliphatic heterocycles. The van der Waals surface area contributed by atoms with Gasteiger partial charge in [-0.25, -0.2) is 14.8 Å². The molecule has 0 N–H and O–H groups in total. The van der Waals surface area contributed by atoms with Crippen molar-refractivity contribution in [3.63, 3.8) is 0 Å². The summed E-state index contributed by atoms with van der Waals surface area (Å²) in [5.41, 5.74) is 0.448. The molecule has 0 bridgehead atoms. The van der Waals surface area contributed by atoms with Crippen LogP contribution in [0.3, 0.4) is 0 Å². The van der Waals surface area contributed by atoms with Crippen LogP contribution in [-0.4, -0.2) is 59.1 Å². The predicted molar refractivity (Wildman–Crippen MR) is 105 cm³/mol. The summed E-state index contributed by atoms with van der Waals surface area (Å²) in [4.78, 5) is 23.0. The number of carbonyl (C=O) groups excluding carboxylic acids is 1. The Bertz CT molecular complexity index is 730. The van der Waals surface area contributed by atoms with Crippen LogP contribution in [0.25, 0.3) is 0 Å². The minimum Gasteiger partial charge on any atom is -0.459 e. The zero-order valence-electron chi connectivity index (χ0n) is 15.8. The van der Waals surface area contributed by atoms with Crippen LogP contribution >= 0.6 is 11.8 Å². The van der Waals surface area contributed by atoms with E-state index in [1.54, 1.807) is 30.6 Å². The maximum atomic E-state index is 12.2. The van der Waals surface area contributed by atoms with Crippen molar-refractivity contribution in [1.82, 2.24) is 14.9 Å². The molecule has 6 nitrogen and oxygen atoms in total. The van der Waals surface area contributed by atoms with Crippen LogP contribution in [0, 0.1) is 5.92 Å². The van der Waals surface area contributed by atoms with Crippen LogP contribution in [-0.2, 0) is 9.47 Å². The summed E-state index contributed by atoms with van der Waals surface area (Å²) in [6.07, 6.45) is 4.10. The average Bonchev–Trinajstić information content (AvgIpc) is 2.69. The molecule has 1 aromatic heterocycles. The van der Waals surface area contributed by atoms with E-state index in [0.717, 1.165) is 6.42 Å². The highest BCUT2D eigenvalue weighted by molar-refractivity contribution is 7.99. The highest BCUT2D eigenvalue weighted by Crippen LogP contribution is 2.36. The largest absolute Gasteiger partial charge is 0.459 e. The maximum absolute atomic E-state index is 12.2. The average molecular weight is 388 g/mol. The van der Waals surface area contributed by atoms with Gasteiger partial charge in [-0.05, 0) is 38.7 Å². The molecule has 1 fully saturated rings. The lowest BCUT2D eigenvalue weighted by Crippen LogP contribution is -2.49. The van der Waals surface area contributed by atoms with Gasteiger partial charge in [-0.2, -0.15) is 0 Å². The number of aromatic nitrogens is 2. The smallest absolute Gasteiger partial charge is 0.338 e. The first-order valence-corrected chi connectivity index (χ1v) is 9.90. The standard InChI is InChI=1S/C20H25N3O3S/c1-14-17(23(2)3)12-16(13-25-18(24)15-8-5-4-6-9-15)26-19(14)27-20-21-10-7-11-22-20/h4-11,14,16-17,19H,12-13H2,1-3H3. The van der Waals surface area contributed by atoms with E-state index < -0.39 is 0 Å². The fraction of sp³-hybridized carbons (Fsp3) is 0.450. The minimum absolute atomic E-state index is 0.103. The molecule has 0 radical (unpaired) electrons. The van der Waals surface area contributed by atoms with Gasteiger partial charge in [0.2, 0.25) is 0 Å². The Morgan fingerprint density at radius 1 is 1.22 bits per heavy atom. The Hall–Kier alpha value is -1.96. The topological polar surface area (TPSA) is 64.6 Å². The molecule has 7 heteroatoms. The SMILES string of the molecule is CC1C(Sc2ncccn2)OC(COC(=O)c2ccccc2)CC1N(C)C. The van der Waals surface area contributed by atoms with Crippen molar-refractivity contribution in [2.45, 2.75) is 36.1 Å². The van der Waals surface area contributed by atoms with E-state index in [1.807, 2.05) is 18.2 Å². The number of hydrogen-bond donors (Lipinski definition) is 0. The van der Waals surface area contributed by atoms with Crippen molar-refractivity contribution in [1.29, 1.82) is 0 Å². The monoisotopic (exact) mass is 387 g/mol. The summed E-state index contributed by atoms with van der Waals surface area (Å²) >= 11 is 1.52. The number of carbonyl (C=O) groups is 1. The van der Waals surface area contributed by atoms with Gasteiger partial charge in [-0.1, -0.05) is 36.9 Å². The summed E-state index contributed by atoms with van der Waals surface area (Å²) < 4.78 is 11.8. The van der Waals surface area contributed by atoms with E-state index in [0.29, 0.717) is 16.8 Å². The number of hydrogen-bond acceptors (Lipinski definition) is 7. The second-order valence-electron chi connectivity index (χ2n) is 6.87. The quantitative estimate of drug-likeness (QED) is 0.557. The van der Waals surface area contributed by atoms with E-state index in [4.69, 9.17) is 9.47 Å². The third-order valence-corrected chi connectivity index (χ3v) is 5.90. The molecule has 1 aromatic carbocycles. The fourth-order valence-electron chi connectivity index (χ4n) is 3.23. The molecule has 2 aromatic rings. The van der Waals surface area contributed by atoms with Crippen LogP contribution in [0.15, 0.2) is 53.9 Å². The molecule has 1 aliphatic rings. The van der Waals surface area contributed by atoms with E-state index >= 15 is 0 Å². The minimum atomic E-state index is -0.324. The van der Waals surface area contributed by atoms with E-state index in [1.165, 1.54) is 11.8 Å². The van der Waals surface area contributed by atoms with Crippen molar-refractivity contribution in [2.75, 3.05) is 20.7 Å². The molecule has 1 saturated heterocycles. The molecule has 0 saturated carbocycles. The first-order valence-electron chi connectivity index (χ1n) is 9.02. The summed E-state index contributed by atoms with van der Waals surface area (Å²) in [6.45, 7) is 2.41. The number of rotatable bonds is 6. The summed E-state index contributed by atoms with van der Waals surface area (Å²) in [6, 6.07) is 11.1. The van der Waals surface area contributed by atoms with Gasteiger partial charge in [-0.3, -0.25) is 0 Å². The van der Waals surface area contributed by atoms with Gasteiger partial charge in [0.1, 0.15) is 12.0 Å². The molecule has 27 heavy (non-hydrogen) atoms. The molecule has 0 spiro atoms. The van der Waals surface area contributed by atoms with Crippen molar-refractivity contribution >= 4 is 17.7 Å². The maximum Gasteiger partial charge on any atom is 0.338 e. The predicted octanol–water partition coefficient (Wildman–Crippen LogP) is 3.11. The van der Waals surface area contributed by atoms with Gasteiger partial charge in [0.15, 0.2) is 5.16 Å². The highest BCUT2D eigenvalue weighted by Gasteiger charge is 2.38. The third-order valence-electron chi connectivity index (χ3n) is 4.70. The van der Waals surface area contributed by atoms with Gasteiger partial charge in [-0.15, -0.1) is 0 Å². The van der Waals surface area contributed by atoms with Crippen LogP contribution < -0.4 is 0 Å². The fourth-order valence-corrected chi connectivity index (χ4v) is 4.29. The normalized spacial score (nSPS) is 25.3. The van der Waals surface area contributed by atoms with Crippen LogP contribution in [0.1, 0.15) is 23.7 Å². The molecule has 4 unspecified atom stereocenters. The Balaban J connectivity index is 1.64. The molecule has 0 aliphatic carbocycles. The second-order valence-corrected chi connectivity index (χ2v) is 7.93. The number of benzene rings is 1. The summed E-state index contributed by atoms with van der Waals surface area (Å²) in [7, 11) is 4.14. The Morgan fingerprint density at radius 3 is 2.59 bits per heavy atom. The Morgan fingerprint density at radius 2 is 1.93 bits per heavy atom. The van der Waals surface area contributed by atoms with Crippen LogP contribution in [0.4, 0.5) is 0 Å².